The molecule has 0 saturated heterocycles. The second kappa shape index (κ2) is 8.10. The quantitative estimate of drug-likeness (QED) is 0.842. The molecule has 0 atom stereocenters. The van der Waals surface area contributed by atoms with Gasteiger partial charge >= 0.3 is 0 Å². The molecule has 23 heavy (non-hydrogen) atoms. The molecule has 0 bridgehead atoms. The minimum Gasteiger partial charge on any atom is -0.497 e. The van der Waals surface area contributed by atoms with Crippen molar-refractivity contribution in [1.29, 1.82) is 0 Å². The second-order valence-electron chi connectivity index (χ2n) is 4.66. The van der Waals surface area contributed by atoms with Crippen LogP contribution in [0.4, 0.5) is 0 Å². The number of hydrogen-bond acceptors (Lipinski definition) is 5. The molecule has 0 spiro atoms. The highest BCUT2D eigenvalue weighted by molar-refractivity contribution is 8.13. The van der Waals surface area contributed by atoms with Crippen LogP contribution in [-0.4, -0.2) is 28.9 Å². The highest BCUT2D eigenvalue weighted by Crippen LogP contribution is 2.34. The Morgan fingerprint density at radius 3 is 2.70 bits per heavy atom. The summed E-state index contributed by atoms with van der Waals surface area (Å²) >= 11 is 3.35. The molecule has 3 rings (SSSR count). The van der Waals surface area contributed by atoms with Crippen molar-refractivity contribution in [3.63, 3.8) is 0 Å². The first kappa shape index (κ1) is 17.5. The predicted octanol–water partition coefficient (Wildman–Crippen LogP) is 4.06. The molecule has 2 N–H and O–H groups in total. The Morgan fingerprint density at radius 1 is 1.22 bits per heavy atom. The third kappa shape index (κ3) is 3.90. The molecule has 120 valence electrons. The van der Waals surface area contributed by atoms with Crippen molar-refractivity contribution in [1.82, 2.24) is 4.98 Å². The summed E-state index contributed by atoms with van der Waals surface area (Å²) in [7, 11) is 1.67. The predicted molar refractivity (Wildman–Crippen MR) is 100 cm³/mol. The monoisotopic (exact) mass is 346 g/mol. The number of methoxy groups -OCH3 is 1. The van der Waals surface area contributed by atoms with Crippen LogP contribution in [0.1, 0.15) is 11.3 Å². The van der Waals surface area contributed by atoms with E-state index in [0.29, 0.717) is 0 Å². The Bertz CT molecular complexity index is 746. The molecular weight excluding hydrogens is 328 g/mol. The fraction of sp³-hybridized carbons (Fsp3) is 0.176. The number of benzene rings is 1. The lowest BCUT2D eigenvalue weighted by atomic mass is 10.1. The van der Waals surface area contributed by atoms with Gasteiger partial charge in [-0.15, -0.1) is 23.1 Å². The van der Waals surface area contributed by atoms with Crippen LogP contribution in [0.5, 0.6) is 5.75 Å². The minimum absolute atomic E-state index is 0. The van der Waals surface area contributed by atoms with Gasteiger partial charge in [-0.25, -0.2) is 4.98 Å². The van der Waals surface area contributed by atoms with E-state index in [0.717, 1.165) is 28.5 Å². The SMILES string of the molecule is COc1ccc(-c2ncsc2C2=CCC(SC)=NC=C2)cc1.O. The number of thiazole rings is 1. The molecule has 1 aliphatic rings. The van der Waals surface area contributed by atoms with E-state index in [4.69, 9.17) is 4.74 Å². The summed E-state index contributed by atoms with van der Waals surface area (Å²) in [5, 5.41) is 1.13. The number of aromatic nitrogens is 1. The van der Waals surface area contributed by atoms with Gasteiger partial charge in [0.25, 0.3) is 0 Å². The van der Waals surface area contributed by atoms with Crippen LogP contribution >= 0.6 is 23.1 Å². The van der Waals surface area contributed by atoms with Gasteiger partial charge in [-0.05, 0) is 42.2 Å². The molecule has 1 aliphatic heterocycles. The number of aliphatic imine (C=N–C) groups is 1. The molecular formula is C17H18N2O2S2. The van der Waals surface area contributed by atoms with Gasteiger partial charge in [0, 0.05) is 18.2 Å². The largest absolute Gasteiger partial charge is 0.497 e. The van der Waals surface area contributed by atoms with E-state index >= 15 is 0 Å². The van der Waals surface area contributed by atoms with E-state index < -0.39 is 0 Å². The number of allylic oxidation sites excluding steroid dienone is 3. The number of rotatable bonds is 3. The van der Waals surface area contributed by atoms with Gasteiger partial charge in [-0.1, -0.05) is 6.08 Å². The van der Waals surface area contributed by atoms with Crippen molar-refractivity contribution < 1.29 is 10.2 Å². The Kier molecular flexibility index (Phi) is 6.15. The smallest absolute Gasteiger partial charge is 0.118 e. The number of ether oxygens (including phenoxy) is 1. The zero-order valence-corrected chi connectivity index (χ0v) is 14.6. The standard InChI is InChI=1S/C17H16N2OS2.H2O/c1-20-14-6-3-12(4-7-14)16-17(22-11-19-16)13-5-8-15(21-2)18-10-9-13;/h3-7,9-11H,8H2,1-2H3;1H2. The van der Waals surface area contributed by atoms with Gasteiger partial charge in [0.1, 0.15) is 5.75 Å². The Labute approximate surface area is 143 Å². The topological polar surface area (TPSA) is 66.0 Å². The van der Waals surface area contributed by atoms with Gasteiger partial charge in [0.05, 0.1) is 28.2 Å². The summed E-state index contributed by atoms with van der Waals surface area (Å²) in [5.41, 5.74) is 5.18. The van der Waals surface area contributed by atoms with Gasteiger partial charge in [0.2, 0.25) is 0 Å². The number of hydrogen-bond donors (Lipinski definition) is 0. The molecule has 0 amide bonds. The molecule has 2 aromatic rings. The van der Waals surface area contributed by atoms with E-state index in [2.05, 4.69) is 28.4 Å². The van der Waals surface area contributed by atoms with Crippen LogP contribution in [0.15, 0.2) is 53.1 Å². The average molecular weight is 346 g/mol. The van der Waals surface area contributed by atoms with Crippen LogP contribution in [0, 0.1) is 0 Å². The Balaban J connectivity index is 0.00000192. The lowest BCUT2D eigenvalue weighted by molar-refractivity contribution is 0.415. The lowest BCUT2D eigenvalue weighted by Gasteiger charge is -2.05. The zero-order chi connectivity index (χ0) is 15.4. The highest BCUT2D eigenvalue weighted by Gasteiger charge is 2.13. The first-order chi connectivity index (χ1) is 10.8. The maximum atomic E-state index is 5.22. The van der Waals surface area contributed by atoms with Crippen LogP contribution in [0.3, 0.4) is 0 Å². The summed E-state index contributed by atoms with van der Waals surface area (Å²) in [4.78, 5) is 10.2. The zero-order valence-electron chi connectivity index (χ0n) is 12.9. The van der Waals surface area contributed by atoms with E-state index in [1.165, 1.54) is 10.5 Å². The summed E-state index contributed by atoms with van der Waals surface area (Å²) in [6.07, 6.45) is 9.08. The van der Waals surface area contributed by atoms with Crippen LogP contribution in [-0.2, 0) is 0 Å². The van der Waals surface area contributed by atoms with Crippen molar-refractivity contribution >= 4 is 33.7 Å². The molecule has 0 saturated carbocycles. The van der Waals surface area contributed by atoms with Gasteiger partial charge < -0.3 is 10.2 Å². The molecule has 2 heterocycles. The first-order valence-electron chi connectivity index (χ1n) is 6.87. The third-order valence-corrected chi connectivity index (χ3v) is 5.02. The van der Waals surface area contributed by atoms with Gasteiger partial charge in [-0.2, -0.15) is 0 Å². The molecule has 0 fully saturated rings. The van der Waals surface area contributed by atoms with Gasteiger partial charge in [-0.3, -0.25) is 4.99 Å². The highest BCUT2D eigenvalue weighted by atomic mass is 32.2. The Morgan fingerprint density at radius 2 is 2.00 bits per heavy atom. The normalized spacial score (nSPS) is 13.7. The fourth-order valence-corrected chi connectivity index (χ4v) is 3.48. The van der Waals surface area contributed by atoms with E-state index in [-0.39, 0.29) is 5.48 Å². The maximum Gasteiger partial charge on any atom is 0.118 e. The van der Waals surface area contributed by atoms with E-state index in [9.17, 15) is 0 Å². The van der Waals surface area contributed by atoms with Crippen molar-refractivity contribution in [2.24, 2.45) is 4.99 Å². The van der Waals surface area contributed by atoms with Crippen LogP contribution in [0.2, 0.25) is 0 Å². The lowest BCUT2D eigenvalue weighted by Crippen LogP contribution is -1.88. The minimum atomic E-state index is 0. The molecule has 4 nitrogen and oxygen atoms in total. The van der Waals surface area contributed by atoms with E-state index in [1.807, 2.05) is 36.0 Å². The molecule has 0 radical (unpaired) electrons. The van der Waals surface area contributed by atoms with Gasteiger partial charge in [0.15, 0.2) is 0 Å². The first-order valence-corrected chi connectivity index (χ1v) is 8.98. The summed E-state index contributed by atoms with van der Waals surface area (Å²) in [6, 6.07) is 8.01. The molecule has 0 unspecified atom stereocenters. The van der Waals surface area contributed by atoms with Crippen molar-refractivity contribution in [2.75, 3.05) is 13.4 Å². The number of nitrogens with zero attached hydrogens (tertiary/aromatic N) is 2. The Hall–Kier alpha value is -1.89. The molecule has 1 aromatic carbocycles. The summed E-state index contributed by atoms with van der Waals surface area (Å²) in [6.45, 7) is 0. The molecule has 6 heteroatoms. The summed E-state index contributed by atoms with van der Waals surface area (Å²) in [5.74, 6) is 0.854. The van der Waals surface area contributed by atoms with Crippen LogP contribution in [0.25, 0.3) is 16.8 Å². The molecule has 1 aromatic heterocycles. The number of thioether (sulfide) groups is 1. The summed E-state index contributed by atoms with van der Waals surface area (Å²) < 4.78 is 5.22. The van der Waals surface area contributed by atoms with Crippen molar-refractivity contribution in [3.8, 4) is 17.0 Å². The molecule has 0 aliphatic carbocycles. The second-order valence-corrected chi connectivity index (χ2v) is 6.40. The van der Waals surface area contributed by atoms with E-state index in [1.54, 1.807) is 30.2 Å². The third-order valence-electron chi connectivity index (χ3n) is 3.40. The van der Waals surface area contributed by atoms with Crippen molar-refractivity contribution in [3.05, 3.63) is 53.0 Å². The fourth-order valence-electron chi connectivity index (χ4n) is 2.23. The average Bonchev–Trinajstić information content (AvgIpc) is 2.93. The van der Waals surface area contributed by atoms with Crippen molar-refractivity contribution in [2.45, 2.75) is 6.42 Å². The maximum absolute atomic E-state index is 5.22. The van der Waals surface area contributed by atoms with Crippen LogP contribution < -0.4 is 4.74 Å².